The van der Waals surface area contributed by atoms with Gasteiger partial charge in [-0.25, -0.2) is 0 Å². The van der Waals surface area contributed by atoms with E-state index in [-0.39, 0.29) is 0 Å². The molecule has 0 unspecified atom stereocenters. The average Bonchev–Trinajstić information content (AvgIpc) is 3.17. The summed E-state index contributed by atoms with van der Waals surface area (Å²) in [6.07, 6.45) is 2.74. The number of benzene rings is 1. The van der Waals surface area contributed by atoms with E-state index in [0.29, 0.717) is 17.7 Å². The highest BCUT2D eigenvalue weighted by Gasteiger charge is 2.09. The van der Waals surface area contributed by atoms with Crippen molar-refractivity contribution in [2.45, 2.75) is 25.5 Å². The van der Waals surface area contributed by atoms with E-state index < -0.39 is 0 Å². The summed E-state index contributed by atoms with van der Waals surface area (Å²) >= 11 is 1.55. The molecule has 0 radical (unpaired) electrons. The standard InChI is InChI=1S/C17H19N3O2S/c1-12-9-13(2)11-14(10-12)21-7-4-8-23-17-20-19-16(22-17)15-5-3-6-18-15/h3,5-6,9-11,18H,4,7-8H2,1-2H3. The molecular formula is C17H19N3O2S. The molecule has 0 amide bonds. The lowest BCUT2D eigenvalue weighted by molar-refractivity contribution is 0.318. The summed E-state index contributed by atoms with van der Waals surface area (Å²) in [5.41, 5.74) is 3.27. The molecule has 0 saturated carbocycles. The highest BCUT2D eigenvalue weighted by molar-refractivity contribution is 7.99. The van der Waals surface area contributed by atoms with Crippen LogP contribution in [-0.2, 0) is 0 Å². The molecule has 0 aliphatic rings. The van der Waals surface area contributed by atoms with Gasteiger partial charge in [-0.05, 0) is 55.7 Å². The van der Waals surface area contributed by atoms with Crippen molar-refractivity contribution >= 4 is 11.8 Å². The van der Waals surface area contributed by atoms with E-state index in [1.807, 2.05) is 18.3 Å². The summed E-state index contributed by atoms with van der Waals surface area (Å²) in [4.78, 5) is 3.04. The van der Waals surface area contributed by atoms with Crippen molar-refractivity contribution < 1.29 is 9.15 Å². The Bertz CT molecular complexity index is 733. The highest BCUT2D eigenvalue weighted by Crippen LogP contribution is 2.22. The van der Waals surface area contributed by atoms with Gasteiger partial charge in [-0.3, -0.25) is 0 Å². The van der Waals surface area contributed by atoms with E-state index in [4.69, 9.17) is 9.15 Å². The number of nitrogens with zero attached hydrogens (tertiary/aromatic N) is 2. The number of ether oxygens (including phenoxy) is 1. The van der Waals surface area contributed by atoms with Crippen LogP contribution >= 0.6 is 11.8 Å². The fourth-order valence-corrected chi connectivity index (χ4v) is 2.94. The molecule has 1 aromatic carbocycles. The predicted octanol–water partition coefficient (Wildman–Crippen LogP) is 4.24. The first-order valence-corrected chi connectivity index (χ1v) is 8.50. The van der Waals surface area contributed by atoms with Gasteiger partial charge >= 0.3 is 0 Å². The first kappa shape index (κ1) is 15.7. The molecule has 0 fully saturated rings. The summed E-state index contributed by atoms with van der Waals surface area (Å²) in [5, 5.41) is 8.65. The van der Waals surface area contributed by atoms with Crippen LogP contribution in [0.25, 0.3) is 11.6 Å². The molecule has 0 bridgehead atoms. The van der Waals surface area contributed by atoms with Crippen LogP contribution in [0.5, 0.6) is 5.75 Å². The summed E-state index contributed by atoms with van der Waals surface area (Å²) in [7, 11) is 0. The predicted molar refractivity (Wildman–Crippen MR) is 90.8 cm³/mol. The minimum Gasteiger partial charge on any atom is -0.494 e. The Hall–Kier alpha value is -2.21. The zero-order valence-electron chi connectivity index (χ0n) is 13.2. The smallest absolute Gasteiger partial charge is 0.276 e. The number of aryl methyl sites for hydroxylation is 2. The third-order valence-electron chi connectivity index (χ3n) is 3.21. The van der Waals surface area contributed by atoms with Crippen molar-refractivity contribution in [3.63, 3.8) is 0 Å². The number of H-pyrrole nitrogens is 1. The van der Waals surface area contributed by atoms with Gasteiger partial charge in [0.15, 0.2) is 0 Å². The van der Waals surface area contributed by atoms with Crippen molar-refractivity contribution in [1.29, 1.82) is 0 Å². The maximum Gasteiger partial charge on any atom is 0.276 e. The van der Waals surface area contributed by atoms with Crippen LogP contribution in [0.15, 0.2) is 46.2 Å². The molecule has 3 aromatic rings. The maximum atomic E-state index is 5.78. The topological polar surface area (TPSA) is 63.9 Å². The Morgan fingerprint density at radius 3 is 2.74 bits per heavy atom. The molecule has 5 nitrogen and oxygen atoms in total. The summed E-state index contributed by atoms with van der Waals surface area (Å²) in [5.74, 6) is 2.32. The van der Waals surface area contributed by atoms with Gasteiger partial charge in [0.1, 0.15) is 11.4 Å². The summed E-state index contributed by atoms with van der Waals surface area (Å²) in [6.45, 7) is 4.83. The molecule has 2 aromatic heterocycles. The lowest BCUT2D eigenvalue weighted by Gasteiger charge is -2.07. The van der Waals surface area contributed by atoms with Gasteiger partial charge in [-0.2, -0.15) is 0 Å². The number of hydrogen-bond acceptors (Lipinski definition) is 5. The fraction of sp³-hybridized carbons (Fsp3) is 0.294. The Morgan fingerprint density at radius 2 is 2.00 bits per heavy atom. The second-order valence-electron chi connectivity index (χ2n) is 5.33. The lowest BCUT2D eigenvalue weighted by atomic mass is 10.1. The molecule has 0 aliphatic heterocycles. The minimum absolute atomic E-state index is 0.518. The maximum absolute atomic E-state index is 5.78. The highest BCUT2D eigenvalue weighted by atomic mass is 32.2. The van der Waals surface area contributed by atoms with E-state index in [1.54, 1.807) is 11.8 Å². The fourth-order valence-electron chi connectivity index (χ4n) is 2.26. The lowest BCUT2D eigenvalue weighted by Crippen LogP contribution is -1.99. The Kier molecular flexibility index (Phi) is 5.02. The third kappa shape index (κ3) is 4.39. The van der Waals surface area contributed by atoms with Crippen LogP contribution in [0.1, 0.15) is 17.5 Å². The zero-order chi connectivity index (χ0) is 16.1. The van der Waals surface area contributed by atoms with Crippen LogP contribution in [0, 0.1) is 13.8 Å². The Balaban J connectivity index is 1.42. The quantitative estimate of drug-likeness (QED) is 0.519. The zero-order valence-corrected chi connectivity index (χ0v) is 14.0. The average molecular weight is 329 g/mol. The molecule has 0 aliphatic carbocycles. The number of nitrogens with one attached hydrogen (secondary N) is 1. The van der Waals surface area contributed by atoms with Gasteiger partial charge in [0.2, 0.25) is 0 Å². The molecular weight excluding hydrogens is 310 g/mol. The normalized spacial score (nSPS) is 10.9. The first-order chi connectivity index (χ1) is 11.2. The number of rotatable bonds is 7. The third-order valence-corrected chi connectivity index (χ3v) is 4.12. The van der Waals surface area contributed by atoms with Crippen molar-refractivity contribution in [2.75, 3.05) is 12.4 Å². The van der Waals surface area contributed by atoms with Gasteiger partial charge in [0.05, 0.1) is 6.61 Å². The van der Waals surface area contributed by atoms with Crippen LogP contribution in [0.2, 0.25) is 0 Å². The van der Waals surface area contributed by atoms with E-state index in [1.165, 1.54) is 11.1 Å². The van der Waals surface area contributed by atoms with Gasteiger partial charge in [0, 0.05) is 11.9 Å². The molecule has 0 spiro atoms. The van der Waals surface area contributed by atoms with E-state index >= 15 is 0 Å². The van der Waals surface area contributed by atoms with E-state index in [0.717, 1.165) is 23.6 Å². The Morgan fingerprint density at radius 1 is 1.17 bits per heavy atom. The van der Waals surface area contributed by atoms with Gasteiger partial charge in [0.25, 0.3) is 11.1 Å². The number of aromatic nitrogens is 3. The Labute approximate surface area is 139 Å². The van der Waals surface area contributed by atoms with E-state index in [9.17, 15) is 0 Å². The van der Waals surface area contributed by atoms with Crippen molar-refractivity contribution in [3.05, 3.63) is 47.7 Å². The minimum atomic E-state index is 0.518. The monoisotopic (exact) mass is 329 g/mol. The van der Waals surface area contributed by atoms with Crippen molar-refractivity contribution in [3.8, 4) is 17.3 Å². The molecule has 0 saturated heterocycles. The largest absolute Gasteiger partial charge is 0.494 e. The molecule has 2 heterocycles. The van der Waals surface area contributed by atoms with Crippen molar-refractivity contribution in [2.24, 2.45) is 0 Å². The summed E-state index contributed by atoms with van der Waals surface area (Å²) < 4.78 is 11.4. The molecule has 23 heavy (non-hydrogen) atoms. The summed E-state index contributed by atoms with van der Waals surface area (Å²) in [6, 6.07) is 10.1. The van der Waals surface area contributed by atoms with Crippen LogP contribution in [0.4, 0.5) is 0 Å². The second kappa shape index (κ2) is 7.37. The second-order valence-corrected chi connectivity index (χ2v) is 6.38. The van der Waals surface area contributed by atoms with Crippen LogP contribution < -0.4 is 4.74 Å². The molecule has 0 atom stereocenters. The van der Waals surface area contributed by atoms with E-state index in [2.05, 4.69) is 47.2 Å². The number of thioether (sulfide) groups is 1. The van der Waals surface area contributed by atoms with Gasteiger partial charge in [-0.1, -0.05) is 17.8 Å². The first-order valence-electron chi connectivity index (χ1n) is 7.52. The molecule has 120 valence electrons. The van der Waals surface area contributed by atoms with Gasteiger partial charge < -0.3 is 14.1 Å². The molecule has 3 rings (SSSR count). The molecule has 6 heteroatoms. The molecule has 1 N–H and O–H groups in total. The van der Waals surface area contributed by atoms with Crippen LogP contribution in [-0.4, -0.2) is 27.5 Å². The van der Waals surface area contributed by atoms with Crippen molar-refractivity contribution in [1.82, 2.24) is 15.2 Å². The number of hydrogen-bond donors (Lipinski definition) is 1. The number of aromatic amines is 1. The van der Waals surface area contributed by atoms with Crippen LogP contribution in [0.3, 0.4) is 0 Å². The van der Waals surface area contributed by atoms with Gasteiger partial charge in [-0.15, -0.1) is 10.2 Å². The SMILES string of the molecule is Cc1cc(C)cc(OCCCSc2nnc(-c3ccc[nH]3)o2)c1.